The van der Waals surface area contributed by atoms with Gasteiger partial charge in [-0.2, -0.15) is 0 Å². The zero-order valence-corrected chi connectivity index (χ0v) is 11.6. The minimum Gasteiger partial charge on any atom is -0.468 e. The van der Waals surface area contributed by atoms with Crippen LogP contribution in [0.2, 0.25) is 0 Å². The Labute approximate surface area is 116 Å². The van der Waals surface area contributed by atoms with E-state index in [-0.39, 0.29) is 29.8 Å². The molecular weight excluding hydrogens is 262 g/mol. The number of aromatic nitrogens is 2. The van der Waals surface area contributed by atoms with Crippen molar-refractivity contribution in [1.82, 2.24) is 14.5 Å². The Kier molecular flexibility index (Phi) is 4.16. The second-order valence-corrected chi connectivity index (χ2v) is 4.73. The highest BCUT2D eigenvalue weighted by Gasteiger charge is 2.22. The van der Waals surface area contributed by atoms with E-state index in [1.54, 1.807) is 11.8 Å². The molecule has 1 aromatic rings. The number of ether oxygens (including phenoxy) is 1. The van der Waals surface area contributed by atoms with Gasteiger partial charge in [0.15, 0.2) is 0 Å². The van der Waals surface area contributed by atoms with E-state index in [0.717, 1.165) is 0 Å². The van der Waals surface area contributed by atoms with Crippen LogP contribution in [0.3, 0.4) is 0 Å². The monoisotopic (exact) mass is 279 g/mol. The van der Waals surface area contributed by atoms with Gasteiger partial charge >= 0.3 is 0 Å². The maximum atomic E-state index is 12.2. The van der Waals surface area contributed by atoms with Gasteiger partial charge in [-0.3, -0.25) is 19.0 Å². The average Bonchev–Trinajstić information content (AvgIpc) is 2.42. The highest BCUT2D eigenvalue weighted by molar-refractivity contribution is 5.83. The van der Waals surface area contributed by atoms with Crippen molar-refractivity contribution >= 4 is 11.7 Å². The Bertz CT molecular complexity index is 584. The molecule has 1 aliphatic heterocycles. The van der Waals surface area contributed by atoms with Gasteiger partial charge < -0.3 is 9.64 Å². The van der Waals surface area contributed by atoms with Crippen LogP contribution in [-0.2, 0) is 16.1 Å². The molecule has 2 rings (SSSR count). The van der Waals surface area contributed by atoms with Crippen molar-refractivity contribution in [2.45, 2.75) is 26.3 Å². The molecule has 0 atom stereocenters. The molecule has 2 heterocycles. The van der Waals surface area contributed by atoms with Crippen molar-refractivity contribution in [3.63, 3.8) is 0 Å². The van der Waals surface area contributed by atoms with E-state index in [2.05, 4.69) is 4.98 Å². The third-order valence-corrected chi connectivity index (χ3v) is 3.25. The van der Waals surface area contributed by atoms with Gasteiger partial charge in [0, 0.05) is 37.7 Å². The molecule has 0 spiro atoms. The van der Waals surface area contributed by atoms with Crippen LogP contribution < -0.4 is 10.3 Å². The first-order valence-electron chi connectivity index (χ1n) is 6.43. The number of hydrogen-bond donors (Lipinski definition) is 0. The Hall–Kier alpha value is -2.18. The summed E-state index contributed by atoms with van der Waals surface area (Å²) in [5.74, 6) is -0.0376. The lowest BCUT2D eigenvalue weighted by Gasteiger charge is -2.26. The second-order valence-electron chi connectivity index (χ2n) is 4.73. The normalized spacial score (nSPS) is 15.3. The van der Waals surface area contributed by atoms with Crippen LogP contribution in [0.1, 0.15) is 18.5 Å². The lowest BCUT2D eigenvalue weighted by atomic mass is 10.1. The molecule has 0 aliphatic carbocycles. The van der Waals surface area contributed by atoms with Gasteiger partial charge in [0.2, 0.25) is 5.91 Å². The lowest BCUT2D eigenvalue weighted by Crippen LogP contribution is -2.42. The summed E-state index contributed by atoms with van der Waals surface area (Å²) in [6, 6.07) is 1.48. The quantitative estimate of drug-likeness (QED) is 0.762. The van der Waals surface area contributed by atoms with Crippen LogP contribution in [0, 0.1) is 6.92 Å². The Morgan fingerprint density at radius 2 is 2.00 bits per heavy atom. The fraction of sp³-hybridized carbons (Fsp3) is 0.538. The van der Waals surface area contributed by atoms with E-state index < -0.39 is 0 Å². The summed E-state index contributed by atoms with van der Waals surface area (Å²) in [6.45, 7) is 2.39. The fourth-order valence-corrected chi connectivity index (χ4v) is 2.14. The van der Waals surface area contributed by atoms with Gasteiger partial charge in [-0.15, -0.1) is 0 Å². The molecule has 1 saturated heterocycles. The molecule has 1 fully saturated rings. The predicted molar refractivity (Wildman–Crippen MR) is 70.6 cm³/mol. The number of Topliss-reactive ketones (excluding diaryl/α,β-unsaturated/α-hetero) is 1. The minimum atomic E-state index is -0.323. The molecule has 1 aliphatic rings. The molecular formula is C13H17N3O4. The van der Waals surface area contributed by atoms with Gasteiger partial charge in [0.05, 0.1) is 7.11 Å². The number of carbonyl (C=O) groups excluding carboxylic acids is 2. The predicted octanol–water partition coefficient (Wildman–Crippen LogP) is -0.248. The molecule has 0 N–H and O–H groups in total. The number of ketones is 1. The molecule has 108 valence electrons. The Morgan fingerprint density at radius 3 is 2.60 bits per heavy atom. The van der Waals surface area contributed by atoms with Crippen molar-refractivity contribution in [1.29, 1.82) is 0 Å². The minimum absolute atomic E-state index is 0.122. The van der Waals surface area contributed by atoms with E-state index in [1.807, 2.05) is 0 Å². The summed E-state index contributed by atoms with van der Waals surface area (Å²) in [4.78, 5) is 40.9. The maximum absolute atomic E-state index is 12.2. The number of likely N-dealkylation sites (tertiary alicyclic amines) is 1. The third-order valence-electron chi connectivity index (χ3n) is 3.25. The highest BCUT2D eigenvalue weighted by atomic mass is 16.5. The van der Waals surface area contributed by atoms with Crippen LogP contribution in [0.15, 0.2) is 10.9 Å². The van der Waals surface area contributed by atoms with Gasteiger partial charge in [0.25, 0.3) is 11.6 Å². The molecule has 1 amide bonds. The van der Waals surface area contributed by atoms with Crippen molar-refractivity contribution < 1.29 is 14.3 Å². The SMILES string of the molecule is COc1nc(C)cc(=O)n1CC(=O)N1CCC(=O)CC1. The summed E-state index contributed by atoms with van der Waals surface area (Å²) >= 11 is 0. The second kappa shape index (κ2) is 5.85. The third kappa shape index (κ3) is 3.04. The molecule has 7 nitrogen and oxygen atoms in total. The number of aryl methyl sites for hydroxylation is 1. The molecule has 7 heteroatoms. The number of amides is 1. The summed E-state index contributed by atoms with van der Waals surface area (Å²) < 4.78 is 6.24. The number of rotatable bonds is 3. The molecule has 20 heavy (non-hydrogen) atoms. The number of hydrogen-bond acceptors (Lipinski definition) is 5. The summed E-state index contributed by atoms with van der Waals surface area (Å²) in [7, 11) is 1.40. The average molecular weight is 279 g/mol. The largest absolute Gasteiger partial charge is 0.468 e. The van der Waals surface area contributed by atoms with E-state index in [1.165, 1.54) is 17.7 Å². The van der Waals surface area contributed by atoms with Crippen LogP contribution in [0.5, 0.6) is 6.01 Å². The van der Waals surface area contributed by atoms with Crippen molar-refractivity contribution in [3.05, 3.63) is 22.1 Å². The van der Waals surface area contributed by atoms with E-state index >= 15 is 0 Å². The van der Waals surface area contributed by atoms with Crippen LogP contribution in [0.25, 0.3) is 0 Å². The smallest absolute Gasteiger partial charge is 0.299 e. The van der Waals surface area contributed by atoms with Gasteiger partial charge in [-0.25, -0.2) is 4.98 Å². The number of piperidine rings is 1. The number of nitrogens with zero attached hydrogens (tertiary/aromatic N) is 3. The van der Waals surface area contributed by atoms with E-state index in [4.69, 9.17) is 4.74 Å². The highest BCUT2D eigenvalue weighted by Crippen LogP contribution is 2.09. The first-order valence-corrected chi connectivity index (χ1v) is 6.43. The van der Waals surface area contributed by atoms with Crippen molar-refractivity contribution in [2.24, 2.45) is 0 Å². The number of carbonyl (C=O) groups is 2. The van der Waals surface area contributed by atoms with Crippen molar-refractivity contribution in [3.8, 4) is 6.01 Å². The van der Waals surface area contributed by atoms with Gasteiger partial charge in [-0.05, 0) is 6.92 Å². The Balaban J connectivity index is 2.15. The first kappa shape index (κ1) is 14.2. The van der Waals surface area contributed by atoms with Gasteiger partial charge in [-0.1, -0.05) is 0 Å². The van der Waals surface area contributed by atoms with Crippen LogP contribution in [0.4, 0.5) is 0 Å². The Morgan fingerprint density at radius 1 is 1.35 bits per heavy atom. The maximum Gasteiger partial charge on any atom is 0.299 e. The standard InChI is InChI=1S/C13H17N3O4/c1-9-7-11(18)16(13(14-9)20-2)8-12(19)15-5-3-10(17)4-6-15/h7H,3-6,8H2,1-2H3. The van der Waals surface area contributed by atoms with Crippen molar-refractivity contribution in [2.75, 3.05) is 20.2 Å². The fourth-order valence-electron chi connectivity index (χ4n) is 2.14. The van der Waals surface area contributed by atoms with E-state index in [9.17, 15) is 14.4 Å². The molecule has 0 radical (unpaired) electrons. The molecule has 0 aromatic carbocycles. The number of methoxy groups -OCH3 is 1. The molecule has 0 unspecified atom stereocenters. The van der Waals surface area contributed by atoms with Gasteiger partial charge in [0.1, 0.15) is 12.3 Å². The zero-order chi connectivity index (χ0) is 14.7. The summed E-state index contributed by atoms with van der Waals surface area (Å²) in [6.07, 6.45) is 0.758. The lowest BCUT2D eigenvalue weighted by molar-refractivity contribution is -0.135. The van der Waals surface area contributed by atoms with Crippen LogP contribution >= 0.6 is 0 Å². The zero-order valence-electron chi connectivity index (χ0n) is 11.6. The summed E-state index contributed by atoms with van der Waals surface area (Å²) in [5, 5.41) is 0. The molecule has 1 aromatic heterocycles. The topological polar surface area (TPSA) is 81.5 Å². The van der Waals surface area contributed by atoms with E-state index in [0.29, 0.717) is 31.6 Å². The molecule has 0 saturated carbocycles. The molecule has 0 bridgehead atoms. The summed E-state index contributed by atoms with van der Waals surface area (Å²) in [5.41, 5.74) is 0.218. The first-order chi connectivity index (χ1) is 9.51. The van der Waals surface area contributed by atoms with Crippen LogP contribution in [-0.4, -0.2) is 46.3 Å².